The van der Waals surface area contributed by atoms with Crippen LogP contribution in [0.2, 0.25) is 0 Å². The highest BCUT2D eigenvalue weighted by Crippen LogP contribution is 2.38. The van der Waals surface area contributed by atoms with E-state index in [1.54, 1.807) is 12.1 Å². The third-order valence-electron chi connectivity index (χ3n) is 6.21. The van der Waals surface area contributed by atoms with Gasteiger partial charge in [-0.05, 0) is 60.1 Å². The van der Waals surface area contributed by atoms with E-state index in [9.17, 15) is 13.2 Å². The Morgan fingerprint density at radius 2 is 1.57 bits per heavy atom. The lowest BCUT2D eigenvalue weighted by atomic mass is 9.78. The number of benzene rings is 2. The van der Waals surface area contributed by atoms with E-state index in [-0.39, 0.29) is 5.92 Å². The number of rotatable bonds is 3. The molecular weight excluding hydrogens is 385 g/mol. The smallest absolute Gasteiger partial charge is 0.278 e. The average molecular weight is 412 g/mol. The van der Waals surface area contributed by atoms with E-state index in [2.05, 4.69) is 41.7 Å². The van der Waals surface area contributed by atoms with Crippen LogP contribution in [0.15, 0.2) is 59.2 Å². The van der Waals surface area contributed by atoms with E-state index < -0.39 is 11.7 Å². The van der Waals surface area contributed by atoms with Crippen LogP contribution in [0.1, 0.15) is 67.7 Å². The minimum Gasteiger partial charge on any atom is -0.278 e. The van der Waals surface area contributed by atoms with Crippen LogP contribution in [-0.4, -0.2) is 5.71 Å². The molecule has 2 aromatic carbocycles. The fourth-order valence-corrected chi connectivity index (χ4v) is 4.49. The predicted molar refractivity (Wildman–Crippen MR) is 115 cm³/mol. The summed E-state index contributed by atoms with van der Waals surface area (Å²) in [4.78, 5) is 0. The summed E-state index contributed by atoms with van der Waals surface area (Å²) in [7, 11) is 0. The van der Waals surface area contributed by atoms with Crippen molar-refractivity contribution in [1.29, 1.82) is 0 Å². The highest BCUT2D eigenvalue weighted by molar-refractivity contribution is 6.06. The van der Waals surface area contributed by atoms with Crippen LogP contribution >= 0.6 is 0 Å². The summed E-state index contributed by atoms with van der Waals surface area (Å²) in [5.41, 5.74) is 9.08. The highest BCUT2D eigenvalue weighted by Gasteiger charge is 2.32. The number of nitrogens with zero attached hydrogens (tertiary/aromatic N) is 1. The van der Waals surface area contributed by atoms with Crippen molar-refractivity contribution in [2.75, 3.05) is 0 Å². The molecule has 5 heteroatoms. The fraction of sp³-hybridized carbons (Fsp3) is 0.400. The summed E-state index contributed by atoms with van der Waals surface area (Å²) in [6.07, 6.45) is 3.28. The van der Waals surface area contributed by atoms with Crippen LogP contribution in [-0.2, 0) is 12.6 Å². The van der Waals surface area contributed by atoms with Gasteiger partial charge in [0.15, 0.2) is 0 Å². The van der Waals surface area contributed by atoms with Crippen LogP contribution in [0.5, 0.6) is 0 Å². The lowest BCUT2D eigenvalue weighted by Gasteiger charge is -2.31. The minimum absolute atomic E-state index is 0.143. The van der Waals surface area contributed by atoms with Gasteiger partial charge >= 0.3 is 6.18 Å². The quantitative estimate of drug-likeness (QED) is 0.579. The lowest BCUT2D eigenvalue weighted by Crippen LogP contribution is -2.29. The molecule has 1 N–H and O–H groups in total. The normalized spacial score (nSPS) is 20.0. The van der Waals surface area contributed by atoms with Gasteiger partial charge in [0.2, 0.25) is 0 Å². The maximum atomic E-state index is 13.0. The Kier molecular flexibility index (Phi) is 5.98. The molecule has 1 heterocycles. The molecular formula is C25H27F3N2. The summed E-state index contributed by atoms with van der Waals surface area (Å²) < 4.78 is 38.9. The number of alkyl halides is 3. The van der Waals surface area contributed by atoms with Crippen molar-refractivity contribution in [2.45, 2.75) is 58.0 Å². The molecule has 2 nitrogen and oxygen atoms in total. The van der Waals surface area contributed by atoms with E-state index in [1.807, 2.05) is 0 Å². The Balaban J connectivity index is 1.70. The molecule has 158 valence electrons. The van der Waals surface area contributed by atoms with Crippen molar-refractivity contribution < 1.29 is 13.2 Å². The van der Waals surface area contributed by atoms with E-state index in [4.69, 9.17) is 0 Å². The van der Waals surface area contributed by atoms with Crippen molar-refractivity contribution in [3.8, 4) is 0 Å². The van der Waals surface area contributed by atoms with Crippen molar-refractivity contribution >= 4 is 11.4 Å². The number of aryl methyl sites for hydroxylation is 1. The van der Waals surface area contributed by atoms with Gasteiger partial charge in [-0.3, -0.25) is 5.43 Å². The van der Waals surface area contributed by atoms with Gasteiger partial charge in [0.05, 0.1) is 17.0 Å². The summed E-state index contributed by atoms with van der Waals surface area (Å²) >= 11 is 0. The molecule has 1 fully saturated rings. The Morgan fingerprint density at radius 1 is 0.900 bits per heavy atom. The summed E-state index contributed by atoms with van der Waals surface area (Å²) in [6, 6.07) is 14.0. The first-order valence-corrected chi connectivity index (χ1v) is 10.8. The highest BCUT2D eigenvalue weighted by atomic mass is 19.4. The van der Waals surface area contributed by atoms with Crippen molar-refractivity contribution in [1.82, 2.24) is 5.43 Å². The Hall–Kier alpha value is -2.56. The first-order chi connectivity index (χ1) is 14.5. The number of allylic oxidation sites excluding steroid dienone is 1. The summed E-state index contributed by atoms with van der Waals surface area (Å²) in [5.74, 6) is 0.143. The fourth-order valence-electron chi connectivity index (χ4n) is 4.49. The monoisotopic (exact) mass is 412 g/mol. The average Bonchev–Trinajstić information content (AvgIpc) is 2.73. The molecule has 1 saturated carbocycles. The largest absolute Gasteiger partial charge is 0.416 e. The Morgan fingerprint density at radius 3 is 2.23 bits per heavy atom. The number of nitrogens with one attached hydrogen (secondary N) is 1. The maximum absolute atomic E-state index is 13.0. The standard InChI is InChI=1S/C25H27F3N2/c1-2-17-9-11-18(12-10-17)23-21-7-5-3-4-6-8-22(21)24(30-29-23)19-13-15-20(16-14-19)25(26,27)28/h9-16,22,29H,2-8H2,1H3. The number of fused-ring (bicyclic) bond motifs is 1. The molecule has 1 aliphatic carbocycles. The molecule has 0 aromatic heterocycles. The molecule has 1 unspecified atom stereocenters. The molecule has 0 saturated heterocycles. The second kappa shape index (κ2) is 8.66. The first-order valence-electron chi connectivity index (χ1n) is 10.8. The first kappa shape index (κ1) is 20.7. The molecule has 0 amide bonds. The van der Waals surface area contributed by atoms with Crippen molar-refractivity contribution in [3.05, 3.63) is 76.4 Å². The zero-order valence-electron chi connectivity index (χ0n) is 17.2. The maximum Gasteiger partial charge on any atom is 0.416 e. The zero-order valence-corrected chi connectivity index (χ0v) is 17.2. The van der Waals surface area contributed by atoms with Gasteiger partial charge in [-0.25, -0.2) is 0 Å². The van der Waals surface area contributed by atoms with Gasteiger partial charge in [0.1, 0.15) is 0 Å². The van der Waals surface area contributed by atoms with Gasteiger partial charge < -0.3 is 0 Å². The van der Waals surface area contributed by atoms with Crippen LogP contribution < -0.4 is 5.43 Å². The van der Waals surface area contributed by atoms with Crippen molar-refractivity contribution in [3.63, 3.8) is 0 Å². The van der Waals surface area contributed by atoms with E-state index in [1.165, 1.54) is 24.0 Å². The zero-order chi connectivity index (χ0) is 21.1. The van der Waals surface area contributed by atoms with Crippen LogP contribution in [0.3, 0.4) is 0 Å². The molecule has 1 atom stereocenters. The van der Waals surface area contributed by atoms with Crippen molar-refractivity contribution in [2.24, 2.45) is 11.0 Å². The van der Waals surface area contributed by atoms with Gasteiger partial charge in [0.25, 0.3) is 0 Å². The molecule has 0 bridgehead atoms. The van der Waals surface area contributed by atoms with Crippen LogP contribution in [0.4, 0.5) is 13.2 Å². The molecule has 2 aromatic rings. The Labute approximate surface area is 175 Å². The second-order valence-electron chi connectivity index (χ2n) is 8.14. The molecule has 30 heavy (non-hydrogen) atoms. The predicted octanol–water partition coefficient (Wildman–Crippen LogP) is 6.96. The topological polar surface area (TPSA) is 24.4 Å². The molecule has 4 rings (SSSR count). The van der Waals surface area contributed by atoms with E-state index >= 15 is 0 Å². The Bertz CT molecular complexity index is 938. The van der Waals surface area contributed by atoms with Gasteiger partial charge in [-0.2, -0.15) is 18.3 Å². The molecule has 1 aliphatic heterocycles. The molecule has 2 aliphatic rings. The van der Waals surface area contributed by atoms with Gasteiger partial charge in [-0.15, -0.1) is 0 Å². The number of hydrogen-bond donors (Lipinski definition) is 1. The summed E-state index contributed by atoms with van der Waals surface area (Å²) in [6.45, 7) is 2.14. The lowest BCUT2D eigenvalue weighted by molar-refractivity contribution is -0.137. The minimum atomic E-state index is -4.33. The molecule has 0 spiro atoms. The molecule has 0 radical (unpaired) electrons. The second-order valence-corrected chi connectivity index (χ2v) is 8.14. The van der Waals surface area contributed by atoms with Crippen LogP contribution in [0.25, 0.3) is 5.70 Å². The number of hydrazone groups is 1. The summed E-state index contributed by atoms with van der Waals surface area (Å²) in [5, 5.41) is 4.68. The number of halogens is 3. The third kappa shape index (κ3) is 4.30. The third-order valence-corrected chi connectivity index (χ3v) is 6.21. The van der Waals surface area contributed by atoms with Gasteiger partial charge in [-0.1, -0.05) is 62.6 Å². The van der Waals surface area contributed by atoms with E-state index in [0.717, 1.165) is 66.8 Å². The van der Waals surface area contributed by atoms with Crippen LogP contribution in [0, 0.1) is 5.92 Å². The van der Waals surface area contributed by atoms with E-state index in [0.29, 0.717) is 0 Å². The van der Waals surface area contributed by atoms with Gasteiger partial charge in [0, 0.05) is 5.92 Å². The SMILES string of the molecule is CCc1ccc(C2=C3CCCCCCC3C(c3ccc(C(F)(F)F)cc3)=NN2)cc1. The number of hydrogen-bond acceptors (Lipinski definition) is 2.